The van der Waals surface area contributed by atoms with Gasteiger partial charge in [0.1, 0.15) is 5.58 Å². The number of hydrogen-bond acceptors (Lipinski definition) is 6. The van der Waals surface area contributed by atoms with E-state index in [2.05, 4.69) is 21.5 Å². The summed E-state index contributed by atoms with van der Waals surface area (Å²) in [5.74, 6) is 0.346. The highest BCUT2D eigenvalue weighted by Crippen LogP contribution is 2.31. The second-order valence-corrected chi connectivity index (χ2v) is 7.10. The summed E-state index contributed by atoms with van der Waals surface area (Å²) in [7, 11) is 0. The first-order valence-corrected chi connectivity index (χ1v) is 9.14. The van der Waals surface area contributed by atoms with E-state index in [1.54, 1.807) is 11.3 Å². The highest BCUT2D eigenvalue weighted by Gasteiger charge is 2.21. The number of aromatic nitrogens is 2. The number of nitrogens with one attached hydrogen (secondary N) is 1. The molecule has 6 nitrogen and oxygen atoms in total. The Balaban J connectivity index is 1.50. The topological polar surface area (TPSA) is 81.2 Å². The Labute approximate surface area is 153 Å². The van der Waals surface area contributed by atoms with Gasteiger partial charge in [-0.1, -0.05) is 22.9 Å². The molecule has 0 atom stereocenters. The van der Waals surface area contributed by atoms with Crippen molar-refractivity contribution in [3.05, 3.63) is 57.6 Å². The molecule has 0 unspecified atom stereocenters. The number of rotatable bonds is 5. The zero-order chi connectivity index (χ0) is 18.1. The molecular weight excluding hydrogens is 350 g/mol. The maximum absolute atomic E-state index is 12.2. The molecule has 7 heteroatoms. The Kier molecular flexibility index (Phi) is 4.30. The van der Waals surface area contributed by atoms with E-state index in [1.165, 1.54) is 4.88 Å². The molecular formula is C19H17N3O3S. The van der Waals surface area contributed by atoms with Crippen LogP contribution in [0.2, 0.25) is 0 Å². The fraction of sp³-hybridized carbons (Fsp3) is 0.211. The van der Waals surface area contributed by atoms with Crippen molar-refractivity contribution in [3.63, 3.8) is 0 Å². The van der Waals surface area contributed by atoms with Crippen LogP contribution in [0.1, 0.15) is 26.7 Å². The van der Waals surface area contributed by atoms with Crippen molar-refractivity contribution in [2.45, 2.75) is 20.3 Å². The lowest BCUT2D eigenvalue weighted by molar-refractivity contribution is 0.0910. The molecule has 3 heterocycles. The summed E-state index contributed by atoms with van der Waals surface area (Å²) in [6, 6.07) is 9.98. The number of amides is 1. The third kappa shape index (κ3) is 3.13. The van der Waals surface area contributed by atoms with E-state index < -0.39 is 0 Å². The number of hydrogen-bond donors (Lipinski definition) is 1. The summed E-state index contributed by atoms with van der Waals surface area (Å²) < 4.78 is 11.0. The molecule has 0 aliphatic heterocycles. The first-order chi connectivity index (χ1) is 12.6. The van der Waals surface area contributed by atoms with Gasteiger partial charge in [-0.25, -0.2) is 0 Å². The highest BCUT2D eigenvalue weighted by atomic mass is 32.1. The van der Waals surface area contributed by atoms with Crippen molar-refractivity contribution in [2.24, 2.45) is 0 Å². The fourth-order valence-electron chi connectivity index (χ4n) is 2.79. The van der Waals surface area contributed by atoms with Gasteiger partial charge in [0, 0.05) is 22.4 Å². The summed E-state index contributed by atoms with van der Waals surface area (Å²) in [6.45, 7) is 4.48. The smallest absolute Gasteiger partial charge is 0.316 e. The predicted octanol–water partition coefficient (Wildman–Crippen LogP) is 4.13. The fourth-order valence-corrected chi connectivity index (χ4v) is 3.49. The number of fused-ring (bicyclic) bond motifs is 1. The van der Waals surface area contributed by atoms with Gasteiger partial charge in [0.15, 0.2) is 5.76 Å². The van der Waals surface area contributed by atoms with Crippen LogP contribution >= 0.6 is 11.3 Å². The Hall–Kier alpha value is -2.93. The quantitative estimate of drug-likeness (QED) is 0.573. The van der Waals surface area contributed by atoms with Gasteiger partial charge in [0.05, 0.1) is 0 Å². The van der Waals surface area contributed by atoms with E-state index in [0.717, 1.165) is 28.5 Å². The predicted molar refractivity (Wildman–Crippen MR) is 99.3 cm³/mol. The van der Waals surface area contributed by atoms with Crippen molar-refractivity contribution in [2.75, 3.05) is 6.54 Å². The van der Waals surface area contributed by atoms with Gasteiger partial charge in [0.25, 0.3) is 0 Å². The van der Waals surface area contributed by atoms with Crippen molar-refractivity contribution in [1.82, 2.24) is 15.5 Å². The molecule has 1 N–H and O–H groups in total. The molecule has 1 amide bonds. The molecule has 4 rings (SSSR count). The molecule has 0 aliphatic rings. The summed E-state index contributed by atoms with van der Waals surface area (Å²) in [6.07, 6.45) is 0.770. The molecule has 0 aliphatic carbocycles. The SMILES string of the molecule is Cc1ccc2oc(-c3noc(C(=O)NCCc4cccs4)n3)c(C)c2c1. The second kappa shape index (κ2) is 6.76. The normalized spacial score (nSPS) is 11.2. The summed E-state index contributed by atoms with van der Waals surface area (Å²) in [5, 5.41) is 9.72. The van der Waals surface area contributed by atoms with Crippen LogP contribution in [-0.4, -0.2) is 22.6 Å². The van der Waals surface area contributed by atoms with Crippen LogP contribution in [0.15, 0.2) is 44.7 Å². The number of carbonyl (C=O) groups is 1. The molecule has 0 saturated carbocycles. The van der Waals surface area contributed by atoms with Crippen LogP contribution in [0.25, 0.3) is 22.6 Å². The van der Waals surface area contributed by atoms with Crippen LogP contribution in [0.4, 0.5) is 0 Å². The third-order valence-corrected chi connectivity index (χ3v) is 5.09. The lowest BCUT2D eigenvalue weighted by Crippen LogP contribution is -2.25. The average molecular weight is 367 g/mol. The van der Waals surface area contributed by atoms with E-state index in [0.29, 0.717) is 12.3 Å². The van der Waals surface area contributed by atoms with Gasteiger partial charge >= 0.3 is 11.8 Å². The van der Waals surface area contributed by atoms with E-state index in [4.69, 9.17) is 8.94 Å². The number of carbonyl (C=O) groups excluding carboxylic acids is 1. The van der Waals surface area contributed by atoms with Crippen molar-refractivity contribution in [1.29, 1.82) is 0 Å². The number of aryl methyl sites for hydroxylation is 2. The van der Waals surface area contributed by atoms with Crippen LogP contribution in [-0.2, 0) is 6.42 Å². The minimum absolute atomic E-state index is 0.0674. The first-order valence-electron chi connectivity index (χ1n) is 8.26. The maximum atomic E-state index is 12.2. The molecule has 4 aromatic rings. The number of nitrogens with zero attached hydrogens (tertiary/aromatic N) is 2. The molecule has 0 fully saturated rings. The first kappa shape index (κ1) is 16.5. The Morgan fingerprint density at radius 3 is 2.96 bits per heavy atom. The molecule has 1 aromatic carbocycles. The van der Waals surface area contributed by atoms with Crippen LogP contribution in [0.5, 0.6) is 0 Å². The van der Waals surface area contributed by atoms with E-state index in [9.17, 15) is 4.79 Å². The van der Waals surface area contributed by atoms with Crippen molar-refractivity contribution < 1.29 is 13.7 Å². The highest BCUT2D eigenvalue weighted by molar-refractivity contribution is 7.09. The molecule has 132 valence electrons. The average Bonchev–Trinajstić information content (AvgIpc) is 3.36. The lowest BCUT2D eigenvalue weighted by Gasteiger charge is -1.99. The van der Waals surface area contributed by atoms with Crippen LogP contribution in [0.3, 0.4) is 0 Å². The molecule has 0 radical (unpaired) electrons. The van der Waals surface area contributed by atoms with Gasteiger partial charge in [0.2, 0.25) is 5.82 Å². The van der Waals surface area contributed by atoms with Gasteiger partial charge in [-0.3, -0.25) is 4.79 Å². The number of furan rings is 1. The van der Waals surface area contributed by atoms with Crippen LogP contribution in [0, 0.1) is 13.8 Å². The monoisotopic (exact) mass is 367 g/mol. The maximum Gasteiger partial charge on any atom is 0.316 e. The summed E-state index contributed by atoms with van der Waals surface area (Å²) in [4.78, 5) is 17.6. The standard InChI is InChI=1S/C19H17N3O3S/c1-11-5-6-15-14(10-11)12(2)16(24-15)17-21-19(25-22-17)18(23)20-8-7-13-4-3-9-26-13/h3-6,9-10H,7-8H2,1-2H3,(H,20,23). The molecule has 26 heavy (non-hydrogen) atoms. The zero-order valence-corrected chi connectivity index (χ0v) is 15.2. The molecule has 3 aromatic heterocycles. The minimum atomic E-state index is -0.384. The van der Waals surface area contributed by atoms with Gasteiger partial charge in [-0.05, 0) is 43.8 Å². The lowest BCUT2D eigenvalue weighted by atomic mass is 10.1. The summed E-state index contributed by atoms with van der Waals surface area (Å²) >= 11 is 1.66. The van der Waals surface area contributed by atoms with Crippen molar-refractivity contribution in [3.8, 4) is 11.6 Å². The van der Waals surface area contributed by atoms with Gasteiger partial charge in [-0.15, -0.1) is 11.3 Å². The minimum Gasteiger partial charge on any atom is -0.452 e. The molecule has 0 spiro atoms. The molecule has 0 bridgehead atoms. The van der Waals surface area contributed by atoms with Crippen LogP contribution < -0.4 is 5.32 Å². The van der Waals surface area contributed by atoms with Crippen molar-refractivity contribution >= 4 is 28.2 Å². The van der Waals surface area contributed by atoms with E-state index in [1.807, 2.05) is 43.5 Å². The van der Waals surface area contributed by atoms with E-state index >= 15 is 0 Å². The zero-order valence-electron chi connectivity index (χ0n) is 14.4. The Morgan fingerprint density at radius 2 is 2.15 bits per heavy atom. The van der Waals surface area contributed by atoms with E-state index in [-0.39, 0.29) is 17.6 Å². The Morgan fingerprint density at radius 1 is 1.27 bits per heavy atom. The van der Waals surface area contributed by atoms with Gasteiger partial charge in [-0.2, -0.15) is 4.98 Å². The summed E-state index contributed by atoms with van der Waals surface area (Å²) in [5.41, 5.74) is 2.83. The Bertz CT molecular complexity index is 1060. The second-order valence-electron chi connectivity index (χ2n) is 6.06. The molecule has 0 saturated heterocycles. The largest absolute Gasteiger partial charge is 0.452 e. The van der Waals surface area contributed by atoms with Gasteiger partial charge < -0.3 is 14.3 Å². The number of benzene rings is 1. The third-order valence-electron chi connectivity index (χ3n) is 4.15. The number of thiophene rings is 1.